The van der Waals surface area contributed by atoms with Gasteiger partial charge in [-0.3, -0.25) is 0 Å². The molecular formula is C22H12BrF4NO. The predicted molar refractivity (Wildman–Crippen MR) is 105 cm³/mol. The van der Waals surface area contributed by atoms with Crippen LogP contribution in [0.3, 0.4) is 0 Å². The number of benzene rings is 3. The maximum absolute atomic E-state index is 15.5. The van der Waals surface area contributed by atoms with Crippen molar-refractivity contribution in [2.24, 2.45) is 0 Å². The minimum Gasteiger partial charge on any atom is -0.357 e. The van der Waals surface area contributed by atoms with E-state index in [4.69, 9.17) is 4.74 Å². The van der Waals surface area contributed by atoms with Crippen LogP contribution < -0.4 is 0 Å². The van der Waals surface area contributed by atoms with Crippen molar-refractivity contribution in [2.75, 3.05) is 6.61 Å². The number of para-hydroxylation sites is 1. The Morgan fingerprint density at radius 1 is 0.966 bits per heavy atom. The number of aromatic nitrogens is 1. The number of fused-ring (bicyclic) bond motifs is 2. The Hall–Kier alpha value is -2.51. The predicted octanol–water partition coefficient (Wildman–Crippen LogP) is 6.45. The van der Waals surface area contributed by atoms with Gasteiger partial charge in [0.05, 0.1) is 17.6 Å². The van der Waals surface area contributed by atoms with Crippen molar-refractivity contribution in [3.63, 3.8) is 0 Å². The van der Waals surface area contributed by atoms with Crippen LogP contribution >= 0.6 is 15.9 Å². The number of hydrogen-bond donors (Lipinski definition) is 0. The summed E-state index contributed by atoms with van der Waals surface area (Å²) in [5, 5.41) is 1.33. The highest BCUT2D eigenvalue weighted by Crippen LogP contribution is 2.57. The van der Waals surface area contributed by atoms with Crippen molar-refractivity contribution in [3.05, 3.63) is 87.9 Å². The van der Waals surface area contributed by atoms with Crippen LogP contribution in [0, 0.1) is 11.6 Å². The van der Waals surface area contributed by atoms with E-state index in [0.29, 0.717) is 17.0 Å². The van der Waals surface area contributed by atoms with Crippen molar-refractivity contribution in [1.82, 2.24) is 4.98 Å². The van der Waals surface area contributed by atoms with Crippen molar-refractivity contribution < 1.29 is 22.3 Å². The Morgan fingerprint density at radius 3 is 2.48 bits per heavy atom. The highest BCUT2D eigenvalue weighted by Gasteiger charge is 2.67. The number of nitrogens with zero attached hydrogens (tertiary/aromatic N) is 1. The molecule has 5 rings (SSSR count). The standard InChI is InChI=1S/C22H12BrF4NO/c23-17-3-1-2-12-8-13-9-14(4-7-19(13)28-20(12)17)22(26,27)21(11-29-21)16-6-5-15(24)10-18(16)25/h1-10H,11H2. The summed E-state index contributed by atoms with van der Waals surface area (Å²) in [6.07, 6.45) is 0. The molecule has 1 aliphatic rings. The second kappa shape index (κ2) is 6.24. The summed E-state index contributed by atoms with van der Waals surface area (Å²) >= 11 is 3.44. The Labute approximate surface area is 171 Å². The van der Waals surface area contributed by atoms with Gasteiger partial charge in [0.2, 0.25) is 0 Å². The molecule has 0 N–H and O–H groups in total. The lowest BCUT2D eigenvalue weighted by molar-refractivity contribution is -0.0865. The number of rotatable bonds is 3. The second-order valence-corrected chi connectivity index (χ2v) is 7.88. The van der Waals surface area contributed by atoms with Crippen LogP contribution in [-0.2, 0) is 16.3 Å². The smallest absolute Gasteiger partial charge is 0.308 e. The van der Waals surface area contributed by atoms with Gasteiger partial charge in [0, 0.05) is 32.4 Å². The first-order valence-electron chi connectivity index (χ1n) is 8.79. The number of halogens is 5. The van der Waals surface area contributed by atoms with E-state index in [1.807, 2.05) is 18.2 Å². The second-order valence-electron chi connectivity index (χ2n) is 7.02. The molecule has 1 fully saturated rings. The Bertz CT molecular complexity index is 1290. The van der Waals surface area contributed by atoms with E-state index in [1.54, 1.807) is 6.07 Å². The first kappa shape index (κ1) is 18.5. The van der Waals surface area contributed by atoms with E-state index in [-0.39, 0.29) is 17.7 Å². The number of alkyl halides is 2. The van der Waals surface area contributed by atoms with Gasteiger partial charge >= 0.3 is 5.92 Å². The normalized spacial score (nSPS) is 19.1. The van der Waals surface area contributed by atoms with Crippen LogP contribution in [0.1, 0.15) is 11.1 Å². The third-order valence-corrected chi connectivity index (χ3v) is 5.90. The molecule has 0 radical (unpaired) electrons. The molecule has 0 bridgehead atoms. The average molecular weight is 462 g/mol. The van der Waals surface area contributed by atoms with E-state index in [0.717, 1.165) is 27.5 Å². The van der Waals surface area contributed by atoms with Crippen LogP contribution in [0.2, 0.25) is 0 Å². The molecular weight excluding hydrogens is 450 g/mol. The summed E-state index contributed by atoms with van der Waals surface area (Å²) in [5.74, 6) is -5.41. The SMILES string of the molecule is Fc1ccc(C2(C(F)(F)c3ccc4nc5c(Br)cccc5cc4c3)CO2)c(F)c1. The molecule has 1 saturated heterocycles. The maximum Gasteiger partial charge on any atom is 0.308 e. The first-order valence-corrected chi connectivity index (χ1v) is 9.58. The highest BCUT2D eigenvalue weighted by atomic mass is 79.9. The Morgan fingerprint density at radius 2 is 1.76 bits per heavy atom. The first-order chi connectivity index (χ1) is 13.8. The van der Waals surface area contributed by atoms with Gasteiger partial charge in [-0.15, -0.1) is 0 Å². The third-order valence-electron chi connectivity index (χ3n) is 5.26. The zero-order chi connectivity index (χ0) is 20.4. The van der Waals surface area contributed by atoms with Gasteiger partial charge in [0.25, 0.3) is 0 Å². The molecule has 1 unspecified atom stereocenters. The van der Waals surface area contributed by atoms with Crippen LogP contribution in [-0.4, -0.2) is 11.6 Å². The quantitative estimate of drug-likeness (QED) is 0.199. The lowest BCUT2D eigenvalue weighted by Crippen LogP contribution is -2.33. The van der Waals surface area contributed by atoms with E-state index >= 15 is 8.78 Å². The molecule has 2 heterocycles. The minimum atomic E-state index is -3.52. The van der Waals surface area contributed by atoms with Gasteiger partial charge in [0.15, 0.2) is 5.60 Å². The molecule has 146 valence electrons. The van der Waals surface area contributed by atoms with Gasteiger partial charge in [-0.05, 0) is 52.3 Å². The lowest BCUT2D eigenvalue weighted by atomic mass is 9.87. The summed E-state index contributed by atoms with van der Waals surface area (Å²) in [5.41, 5.74) is -1.53. The molecule has 1 aromatic heterocycles. The van der Waals surface area contributed by atoms with Crippen LogP contribution in [0.15, 0.2) is 65.1 Å². The molecule has 7 heteroatoms. The monoisotopic (exact) mass is 461 g/mol. The third kappa shape index (κ3) is 2.75. The fraction of sp³-hybridized carbons (Fsp3) is 0.136. The molecule has 0 aliphatic carbocycles. The van der Waals surface area contributed by atoms with Gasteiger partial charge in [-0.1, -0.05) is 18.2 Å². The Balaban J connectivity index is 1.64. The summed E-state index contributed by atoms with van der Waals surface area (Å²) in [7, 11) is 0. The molecule has 1 aliphatic heterocycles. The zero-order valence-electron chi connectivity index (χ0n) is 14.7. The van der Waals surface area contributed by atoms with E-state index in [9.17, 15) is 8.78 Å². The van der Waals surface area contributed by atoms with Crippen LogP contribution in [0.4, 0.5) is 17.6 Å². The molecule has 29 heavy (non-hydrogen) atoms. The molecule has 0 saturated carbocycles. The molecule has 0 spiro atoms. The van der Waals surface area contributed by atoms with Gasteiger partial charge in [-0.25, -0.2) is 13.8 Å². The van der Waals surface area contributed by atoms with E-state index < -0.39 is 23.2 Å². The summed E-state index contributed by atoms with van der Waals surface area (Å²) in [6, 6.07) is 14.0. The molecule has 4 aromatic rings. The van der Waals surface area contributed by atoms with Crippen molar-refractivity contribution in [2.45, 2.75) is 11.5 Å². The number of ether oxygens (including phenoxy) is 1. The summed E-state index contributed by atoms with van der Waals surface area (Å²) in [4.78, 5) is 4.54. The zero-order valence-corrected chi connectivity index (χ0v) is 16.3. The number of pyridine rings is 1. The van der Waals surface area contributed by atoms with Gasteiger partial charge in [0.1, 0.15) is 11.6 Å². The van der Waals surface area contributed by atoms with Gasteiger partial charge in [-0.2, -0.15) is 8.78 Å². The molecule has 1 atom stereocenters. The van der Waals surface area contributed by atoms with Crippen LogP contribution in [0.5, 0.6) is 0 Å². The van der Waals surface area contributed by atoms with E-state index in [1.165, 1.54) is 18.2 Å². The van der Waals surface area contributed by atoms with E-state index in [2.05, 4.69) is 20.9 Å². The number of hydrogen-bond acceptors (Lipinski definition) is 2. The molecule has 0 amide bonds. The topological polar surface area (TPSA) is 25.4 Å². The van der Waals surface area contributed by atoms with Crippen molar-refractivity contribution >= 4 is 37.7 Å². The lowest BCUT2D eigenvalue weighted by Gasteiger charge is -2.25. The summed E-state index contributed by atoms with van der Waals surface area (Å²) < 4.78 is 64.3. The number of epoxide rings is 1. The van der Waals surface area contributed by atoms with Crippen LogP contribution in [0.25, 0.3) is 21.8 Å². The largest absolute Gasteiger partial charge is 0.357 e. The fourth-order valence-corrected chi connectivity index (χ4v) is 4.12. The Kier molecular flexibility index (Phi) is 3.98. The summed E-state index contributed by atoms with van der Waals surface area (Å²) in [6.45, 7) is -0.358. The molecule has 3 aromatic carbocycles. The average Bonchev–Trinajstić information content (AvgIpc) is 3.49. The fourth-order valence-electron chi connectivity index (χ4n) is 3.65. The van der Waals surface area contributed by atoms with Gasteiger partial charge < -0.3 is 4.74 Å². The van der Waals surface area contributed by atoms with Crippen molar-refractivity contribution in [3.8, 4) is 0 Å². The molecule has 2 nitrogen and oxygen atoms in total. The highest BCUT2D eigenvalue weighted by molar-refractivity contribution is 9.10. The van der Waals surface area contributed by atoms with Crippen molar-refractivity contribution in [1.29, 1.82) is 0 Å². The maximum atomic E-state index is 15.5. The minimum absolute atomic E-state index is 0.317.